The van der Waals surface area contributed by atoms with Crippen molar-refractivity contribution in [1.82, 2.24) is 9.47 Å². The summed E-state index contributed by atoms with van der Waals surface area (Å²) in [6, 6.07) is 14.1. The van der Waals surface area contributed by atoms with Crippen LogP contribution < -0.4 is 5.32 Å². The van der Waals surface area contributed by atoms with Crippen molar-refractivity contribution in [3.63, 3.8) is 0 Å². The fourth-order valence-corrected chi connectivity index (χ4v) is 5.94. The highest BCUT2D eigenvalue weighted by molar-refractivity contribution is 6.11. The van der Waals surface area contributed by atoms with E-state index in [0.29, 0.717) is 5.69 Å². The van der Waals surface area contributed by atoms with Crippen molar-refractivity contribution in [2.24, 2.45) is 23.7 Å². The molecule has 2 fully saturated rings. The van der Waals surface area contributed by atoms with Gasteiger partial charge in [0.05, 0.1) is 11.8 Å². The quantitative estimate of drug-likeness (QED) is 0.525. The number of hydrogen-bond acceptors (Lipinski definition) is 3. The fourth-order valence-electron chi connectivity index (χ4n) is 5.94. The van der Waals surface area contributed by atoms with Gasteiger partial charge in [-0.1, -0.05) is 30.4 Å². The lowest BCUT2D eigenvalue weighted by Crippen LogP contribution is -2.39. The Morgan fingerprint density at radius 3 is 2.35 bits per heavy atom. The number of benzene rings is 2. The van der Waals surface area contributed by atoms with Gasteiger partial charge in [0.15, 0.2) is 0 Å². The van der Waals surface area contributed by atoms with Crippen molar-refractivity contribution in [1.29, 1.82) is 0 Å². The van der Waals surface area contributed by atoms with E-state index in [1.54, 1.807) is 0 Å². The molecule has 31 heavy (non-hydrogen) atoms. The van der Waals surface area contributed by atoms with Crippen molar-refractivity contribution >= 4 is 45.2 Å². The largest absolute Gasteiger partial charge is 0.341 e. The predicted molar refractivity (Wildman–Crippen MR) is 118 cm³/mol. The Labute approximate surface area is 179 Å². The molecule has 2 aliphatic carbocycles. The lowest BCUT2D eigenvalue weighted by atomic mass is 9.85. The van der Waals surface area contributed by atoms with Crippen molar-refractivity contribution < 1.29 is 14.4 Å². The van der Waals surface area contributed by atoms with E-state index in [0.717, 1.165) is 39.7 Å². The number of nitrogens with one attached hydrogen (secondary N) is 1. The molecule has 0 spiro atoms. The minimum absolute atomic E-state index is 0.151. The molecule has 1 saturated carbocycles. The third-order valence-electron chi connectivity index (χ3n) is 7.24. The molecule has 1 aliphatic heterocycles. The topological polar surface area (TPSA) is 71.4 Å². The lowest BCUT2D eigenvalue weighted by Gasteiger charge is -2.17. The van der Waals surface area contributed by atoms with Crippen molar-refractivity contribution in [2.75, 3.05) is 11.9 Å². The summed E-state index contributed by atoms with van der Waals surface area (Å²) in [5.41, 5.74) is 2.94. The van der Waals surface area contributed by atoms with Gasteiger partial charge in [-0.3, -0.25) is 19.3 Å². The zero-order valence-corrected chi connectivity index (χ0v) is 17.2. The first-order chi connectivity index (χ1) is 15.1. The van der Waals surface area contributed by atoms with Crippen LogP contribution in [0.2, 0.25) is 0 Å². The zero-order chi connectivity index (χ0) is 21.3. The Bertz CT molecular complexity index is 1270. The van der Waals surface area contributed by atoms with Crippen LogP contribution in [0.25, 0.3) is 21.8 Å². The maximum absolute atomic E-state index is 12.8. The summed E-state index contributed by atoms with van der Waals surface area (Å²) < 4.78 is 2.25. The summed E-state index contributed by atoms with van der Waals surface area (Å²) >= 11 is 0. The molecule has 3 amide bonds. The van der Waals surface area contributed by atoms with Crippen LogP contribution in [0.3, 0.4) is 0 Å². The number of aryl methyl sites for hydroxylation is 1. The van der Waals surface area contributed by atoms with Crippen LogP contribution in [0.1, 0.15) is 13.3 Å². The highest BCUT2D eigenvalue weighted by Crippen LogP contribution is 2.52. The van der Waals surface area contributed by atoms with Crippen molar-refractivity contribution in [2.45, 2.75) is 19.9 Å². The predicted octanol–water partition coefficient (Wildman–Crippen LogP) is 3.56. The summed E-state index contributed by atoms with van der Waals surface area (Å²) in [4.78, 5) is 39.5. The SMILES string of the molecule is CCn1c2ccccc2c2cc(NC(=O)CN3C(=O)[C@@H]4[C@@H](C3=O)[C@H]3C=C[C@@H]4C3)ccc21. The zero-order valence-electron chi connectivity index (χ0n) is 17.2. The molecule has 2 bridgehead atoms. The van der Waals surface area contributed by atoms with Crippen LogP contribution in [0.5, 0.6) is 0 Å². The second kappa shape index (κ2) is 6.54. The number of para-hydroxylation sites is 1. The van der Waals surface area contributed by atoms with E-state index in [1.807, 2.05) is 30.3 Å². The third-order valence-corrected chi connectivity index (χ3v) is 7.24. The minimum atomic E-state index is -0.347. The Hall–Kier alpha value is -3.41. The average molecular weight is 413 g/mol. The van der Waals surface area contributed by atoms with Crippen LogP contribution in [-0.2, 0) is 20.9 Å². The van der Waals surface area contributed by atoms with Gasteiger partial charge in [0.25, 0.3) is 0 Å². The van der Waals surface area contributed by atoms with Gasteiger partial charge >= 0.3 is 0 Å². The summed E-state index contributed by atoms with van der Waals surface area (Å²) in [7, 11) is 0. The maximum atomic E-state index is 12.8. The first kappa shape index (κ1) is 18.4. The molecule has 4 atom stereocenters. The summed E-state index contributed by atoms with van der Waals surface area (Å²) in [5, 5.41) is 5.09. The van der Waals surface area contributed by atoms with Gasteiger partial charge in [-0.2, -0.15) is 0 Å². The van der Waals surface area contributed by atoms with Gasteiger partial charge in [-0.15, -0.1) is 0 Å². The molecule has 0 unspecified atom stereocenters. The smallest absolute Gasteiger partial charge is 0.244 e. The van der Waals surface area contributed by atoms with E-state index >= 15 is 0 Å². The van der Waals surface area contributed by atoms with Crippen molar-refractivity contribution in [3.05, 3.63) is 54.6 Å². The van der Waals surface area contributed by atoms with Crippen LogP contribution in [-0.4, -0.2) is 33.7 Å². The average Bonchev–Trinajstić information content (AvgIpc) is 3.52. The molecular formula is C25H23N3O3. The van der Waals surface area contributed by atoms with Crippen molar-refractivity contribution in [3.8, 4) is 0 Å². The fraction of sp³-hybridized carbons (Fsp3) is 0.320. The Morgan fingerprint density at radius 2 is 1.65 bits per heavy atom. The summed E-state index contributed by atoms with van der Waals surface area (Å²) in [6.45, 7) is 2.75. The molecule has 1 aromatic heterocycles. The highest BCUT2D eigenvalue weighted by Gasteiger charge is 2.59. The van der Waals surface area contributed by atoms with E-state index in [4.69, 9.17) is 0 Å². The number of likely N-dealkylation sites (tertiary alicyclic amines) is 1. The number of carbonyl (C=O) groups excluding carboxylic acids is 3. The molecule has 6 heteroatoms. The number of rotatable bonds is 4. The molecule has 2 heterocycles. The molecule has 0 radical (unpaired) electrons. The van der Waals surface area contributed by atoms with E-state index < -0.39 is 0 Å². The van der Waals surface area contributed by atoms with E-state index in [9.17, 15) is 14.4 Å². The summed E-state index contributed by atoms with van der Waals surface area (Å²) in [6.07, 6.45) is 5.00. The normalized spacial score (nSPS) is 26.4. The Balaban J connectivity index is 1.24. The number of allylic oxidation sites excluding steroid dienone is 2. The second-order valence-electron chi connectivity index (χ2n) is 8.80. The lowest BCUT2D eigenvalue weighted by molar-refractivity contribution is -0.143. The standard InChI is InChI=1S/C25H23N3O3/c1-2-27-19-6-4-3-5-17(19)18-12-16(9-10-20(18)27)26-21(29)13-28-24(30)22-14-7-8-15(11-14)23(22)25(28)31/h3-10,12,14-15,22-23H,2,11,13H2,1H3,(H,26,29)/t14-,15+,22-,23-/m0/s1. The number of imide groups is 1. The van der Waals surface area contributed by atoms with Gasteiger partial charge in [-0.25, -0.2) is 0 Å². The number of aromatic nitrogens is 1. The van der Waals surface area contributed by atoms with Crippen LogP contribution >= 0.6 is 0 Å². The summed E-state index contributed by atoms with van der Waals surface area (Å²) in [5.74, 6) is -0.971. The number of anilines is 1. The van der Waals surface area contributed by atoms with Gasteiger partial charge in [0, 0.05) is 34.0 Å². The van der Waals surface area contributed by atoms with Crippen LogP contribution in [0.4, 0.5) is 5.69 Å². The number of amides is 3. The maximum Gasteiger partial charge on any atom is 0.244 e. The Morgan fingerprint density at radius 1 is 0.968 bits per heavy atom. The molecule has 3 aromatic rings. The molecule has 156 valence electrons. The number of nitrogens with zero attached hydrogens (tertiary/aromatic N) is 2. The first-order valence-electron chi connectivity index (χ1n) is 10.9. The van der Waals surface area contributed by atoms with Crippen LogP contribution in [0.15, 0.2) is 54.6 Å². The minimum Gasteiger partial charge on any atom is -0.341 e. The third kappa shape index (κ3) is 2.54. The van der Waals surface area contributed by atoms with E-state index in [2.05, 4.69) is 41.1 Å². The van der Waals surface area contributed by atoms with Gasteiger partial charge < -0.3 is 9.88 Å². The van der Waals surface area contributed by atoms with E-state index in [1.165, 1.54) is 0 Å². The molecule has 1 saturated heterocycles. The molecule has 6 rings (SSSR count). The second-order valence-corrected chi connectivity index (χ2v) is 8.80. The van der Waals surface area contributed by atoms with E-state index in [-0.39, 0.29) is 47.9 Å². The highest BCUT2D eigenvalue weighted by atomic mass is 16.2. The monoisotopic (exact) mass is 413 g/mol. The molecule has 6 nitrogen and oxygen atoms in total. The molecular weight excluding hydrogens is 390 g/mol. The number of fused-ring (bicyclic) bond motifs is 8. The first-order valence-corrected chi connectivity index (χ1v) is 10.9. The van der Waals surface area contributed by atoms with Crippen LogP contribution in [0, 0.1) is 23.7 Å². The molecule has 2 aromatic carbocycles. The molecule has 3 aliphatic rings. The number of carbonyl (C=O) groups is 3. The van der Waals surface area contributed by atoms with Gasteiger partial charge in [-0.05, 0) is 49.4 Å². The van der Waals surface area contributed by atoms with Gasteiger partial charge in [0.2, 0.25) is 17.7 Å². The Kier molecular flexibility index (Phi) is 3.88. The number of hydrogen-bond donors (Lipinski definition) is 1. The molecule has 1 N–H and O–H groups in total. The van der Waals surface area contributed by atoms with Gasteiger partial charge in [0.1, 0.15) is 6.54 Å².